The van der Waals surface area contributed by atoms with E-state index in [9.17, 15) is 12.6 Å². The van der Waals surface area contributed by atoms with Crippen molar-refractivity contribution in [3.63, 3.8) is 0 Å². The third kappa shape index (κ3) is 6.98. The molecule has 216 valence electrons. The number of phosphoric acid groups is 1. The van der Waals surface area contributed by atoms with E-state index < -0.39 is 28.3 Å². The lowest BCUT2D eigenvalue weighted by Gasteiger charge is -2.51. The van der Waals surface area contributed by atoms with Crippen molar-refractivity contribution in [1.29, 1.82) is 4.78 Å². The van der Waals surface area contributed by atoms with Crippen LogP contribution in [0.1, 0.15) is 64.2 Å². The fourth-order valence-corrected chi connectivity index (χ4v) is 10.9. The molecular weight excluding hydrogens is 553 g/mol. The number of nitrogens with one attached hydrogen (secondary N) is 1. The number of rotatable bonds is 7. The third-order valence-corrected chi connectivity index (χ3v) is 12.2. The van der Waals surface area contributed by atoms with Crippen molar-refractivity contribution in [2.75, 3.05) is 13.1 Å². The summed E-state index contributed by atoms with van der Waals surface area (Å²) >= 11 is 0. The Hall–Kier alpha value is -0.630. The second-order valence-corrected chi connectivity index (χ2v) is 16.4. The van der Waals surface area contributed by atoms with Gasteiger partial charge in [0.1, 0.15) is 0 Å². The number of hydrogen-bond donors (Lipinski definition) is 5. The van der Waals surface area contributed by atoms with Crippen molar-refractivity contribution >= 4 is 28.3 Å². The summed E-state index contributed by atoms with van der Waals surface area (Å²) in [5.74, 6) is 5.83. The second-order valence-electron chi connectivity index (χ2n) is 12.4. The zero-order valence-electron chi connectivity index (χ0n) is 21.4. The minimum Gasteiger partial charge on any atom is -0.303 e. The first kappa shape index (κ1) is 28.9. The Kier molecular flexibility index (Phi) is 8.09. The number of nitrogens with zero attached hydrogens (tertiary/aromatic N) is 1. The van der Waals surface area contributed by atoms with Gasteiger partial charge in [0.15, 0.2) is 0 Å². The van der Waals surface area contributed by atoms with Gasteiger partial charge in [0.05, 0.1) is 0 Å². The summed E-state index contributed by atoms with van der Waals surface area (Å²) in [5.41, 5.74) is 2.89. The maximum absolute atomic E-state index is 13.1. The normalized spacial score (nSPS) is 38.7. The van der Waals surface area contributed by atoms with Crippen molar-refractivity contribution in [1.82, 2.24) is 4.31 Å². The Labute approximate surface area is 225 Å². The Morgan fingerprint density at radius 2 is 1.05 bits per heavy atom. The molecule has 8 rings (SSSR count). The molecule has 0 heterocycles. The van der Waals surface area contributed by atoms with E-state index >= 15 is 0 Å². The molecule has 8 fully saturated rings. The average molecular weight is 594 g/mol. The summed E-state index contributed by atoms with van der Waals surface area (Å²) in [6.45, 7) is 0.528. The summed E-state index contributed by atoms with van der Waals surface area (Å²) < 4.78 is 59.4. The van der Waals surface area contributed by atoms with E-state index in [0.29, 0.717) is 23.7 Å². The molecule has 8 aliphatic rings. The van der Waals surface area contributed by atoms with Crippen LogP contribution in [0, 0.1) is 52.1 Å². The van der Waals surface area contributed by atoms with E-state index in [2.05, 4.69) is 15.8 Å². The standard InChI is InChI=1S/C24H37N3O4S2.H3O4P/c25-32(28,31-33(26,29)30)27(3-1-23-19-7-15-5-16(9-19)10-20(23)8-15)4-2-24-21-11-17-6-18(13-21)14-22(24)12-17;1-5(2,3)4/h1-2,15-22,25H,3-14H2,(H2,26,29,30);(H3,1,2,3,4). The molecule has 38 heavy (non-hydrogen) atoms. The van der Waals surface area contributed by atoms with Crippen LogP contribution in [-0.2, 0) is 28.7 Å². The molecule has 8 saturated carbocycles. The molecular formula is C24H40N3O8PS2. The molecule has 0 aromatic carbocycles. The zero-order valence-corrected chi connectivity index (χ0v) is 24.0. The number of hydrogen-bond acceptors (Lipinski definition) is 6. The summed E-state index contributed by atoms with van der Waals surface area (Å²) in [6.07, 6.45) is 17.0. The zero-order chi connectivity index (χ0) is 27.5. The fraction of sp³-hybridized carbons (Fsp3) is 0.833. The molecule has 0 amide bonds. The quantitative estimate of drug-likeness (QED) is 0.219. The van der Waals surface area contributed by atoms with Gasteiger partial charge in [0, 0.05) is 13.1 Å². The van der Waals surface area contributed by atoms with Crippen LogP contribution >= 0.6 is 7.82 Å². The smallest absolute Gasteiger partial charge is 0.303 e. The molecule has 0 aromatic rings. The third-order valence-electron chi connectivity index (χ3n) is 9.75. The minimum absolute atomic E-state index is 0.264. The van der Waals surface area contributed by atoms with Gasteiger partial charge in [-0.15, -0.1) is 3.63 Å². The first-order chi connectivity index (χ1) is 17.6. The van der Waals surface area contributed by atoms with E-state index in [1.165, 1.54) is 79.7 Å². The van der Waals surface area contributed by atoms with Crippen molar-refractivity contribution < 1.29 is 35.5 Å². The highest BCUT2D eigenvalue weighted by molar-refractivity contribution is 7.98. The van der Waals surface area contributed by atoms with E-state index in [1.54, 1.807) is 0 Å². The number of nitrogens with two attached hydrogens (primary N) is 1. The van der Waals surface area contributed by atoms with Crippen LogP contribution in [0.2, 0.25) is 0 Å². The minimum atomic E-state index is -4.64. The monoisotopic (exact) mass is 593 g/mol. The van der Waals surface area contributed by atoms with Crippen LogP contribution in [0.5, 0.6) is 0 Å². The highest BCUT2D eigenvalue weighted by Crippen LogP contribution is 2.57. The second kappa shape index (κ2) is 10.6. The topological polar surface area (TPSA) is 191 Å². The van der Waals surface area contributed by atoms with Crippen LogP contribution in [0.3, 0.4) is 0 Å². The average Bonchev–Trinajstić information content (AvgIpc) is 2.72. The molecule has 0 spiro atoms. The maximum atomic E-state index is 13.1. The molecule has 0 aromatic heterocycles. The van der Waals surface area contributed by atoms with Crippen LogP contribution < -0.4 is 5.14 Å². The Morgan fingerprint density at radius 1 is 0.763 bits per heavy atom. The van der Waals surface area contributed by atoms with Gasteiger partial charge in [-0.3, -0.25) is 0 Å². The van der Waals surface area contributed by atoms with E-state index in [1.807, 2.05) is 0 Å². The first-order valence-corrected chi connectivity index (χ1v) is 18.1. The lowest BCUT2D eigenvalue weighted by Crippen LogP contribution is -2.42. The van der Waals surface area contributed by atoms with E-state index in [0.717, 1.165) is 23.7 Å². The van der Waals surface area contributed by atoms with Gasteiger partial charge in [-0.05, 0) is 112 Å². The van der Waals surface area contributed by atoms with Gasteiger partial charge in [0.25, 0.3) is 0 Å². The largest absolute Gasteiger partial charge is 0.466 e. The predicted molar refractivity (Wildman–Crippen MR) is 141 cm³/mol. The highest BCUT2D eigenvalue weighted by atomic mass is 32.3. The Balaban J connectivity index is 0.000000540. The summed E-state index contributed by atoms with van der Waals surface area (Å²) in [6, 6.07) is 0. The molecule has 14 heteroatoms. The van der Waals surface area contributed by atoms with Crippen molar-refractivity contribution in [3.05, 3.63) is 23.3 Å². The van der Waals surface area contributed by atoms with E-state index in [-0.39, 0.29) is 13.1 Å². The molecule has 8 aliphatic carbocycles. The van der Waals surface area contributed by atoms with Gasteiger partial charge >= 0.3 is 18.1 Å². The molecule has 0 radical (unpaired) electrons. The SMILES string of the molecule is N=S(=O)(OS(N)(=O)=O)N(CC=C1C2CC3CC(C2)CC1C3)CC=C1C2CC3CC(C2)CC1C3.O=P(O)(O)O. The van der Waals surface area contributed by atoms with E-state index in [4.69, 9.17) is 29.2 Å². The van der Waals surface area contributed by atoms with Crippen LogP contribution in [0.25, 0.3) is 0 Å². The summed E-state index contributed by atoms with van der Waals surface area (Å²) in [5, 5.41) is 5.02. The fourth-order valence-electron chi connectivity index (χ4n) is 8.98. The molecule has 8 bridgehead atoms. The van der Waals surface area contributed by atoms with Gasteiger partial charge < -0.3 is 14.7 Å². The molecule has 1 unspecified atom stereocenters. The summed E-state index contributed by atoms with van der Waals surface area (Å²) in [7, 11) is -13.1. The van der Waals surface area contributed by atoms with Gasteiger partial charge in [-0.2, -0.15) is 12.7 Å². The van der Waals surface area contributed by atoms with Gasteiger partial charge in [-0.25, -0.2) is 18.7 Å². The number of allylic oxidation sites excluding steroid dienone is 2. The summed E-state index contributed by atoms with van der Waals surface area (Å²) in [4.78, 5) is 21.6. The van der Waals surface area contributed by atoms with Crippen molar-refractivity contribution in [2.45, 2.75) is 64.2 Å². The Morgan fingerprint density at radius 3 is 1.32 bits per heavy atom. The molecule has 6 N–H and O–H groups in total. The van der Waals surface area contributed by atoms with Crippen LogP contribution in [0.15, 0.2) is 23.3 Å². The Bertz CT molecular complexity index is 1120. The highest BCUT2D eigenvalue weighted by Gasteiger charge is 2.46. The molecule has 11 nitrogen and oxygen atoms in total. The predicted octanol–water partition coefficient (Wildman–Crippen LogP) is 3.22. The molecule has 1 atom stereocenters. The lowest BCUT2D eigenvalue weighted by atomic mass is 9.54. The van der Waals surface area contributed by atoms with Crippen molar-refractivity contribution in [3.8, 4) is 0 Å². The van der Waals surface area contributed by atoms with Crippen LogP contribution in [0.4, 0.5) is 0 Å². The lowest BCUT2D eigenvalue weighted by molar-refractivity contribution is 0.0688. The van der Waals surface area contributed by atoms with Crippen molar-refractivity contribution in [2.24, 2.45) is 52.5 Å². The molecule has 0 saturated heterocycles. The van der Waals surface area contributed by atoms with Gasteiger partial charge in [0.2, 0.25) is 10.2 Å². The van der Waals surface area contributed by atoms with Gasteiger partial charge in [-0.1, -0.05) is 23.3 Å². The molecule has 0 aliphatic heterocycles. The van der Waals surface area contributed by atoms with Crippen LogP contribution in [-0.4, -0.2) is 44.7 Å². The maximum Gasteiger partial charge on any atom is 0.466 e. The first-order valence-electron chi connectivity index (χ1n) is 13.6.